The lowest BCUT2D eigenvalue weighted by Crippen LogP contribution is -2.59. The Kier molecular flexibility index (Phi) is 9.61. The van der Waals surface area contributed by atoms with E-state index in [1.807, 2.05) is 39.0 Å². The summed E-state index contributed by atoms with van der Waals surface area (Å²) in [7, 11) is 0. The van der Waals surface area contributed by atoms with Crippen LogP contribution in [-0.2, 0) is 9.47 Å². The van der Waals surface area contributed by atoms with Crippen LogP contribution < -0.4 is 10.6 Å². The van der Waals surface area contributed by atoms with Gasteiger partial charge in [-0.15, -0.1) is 10.2 Å². The fraction of sp³-hybridized carbons (Fsp3) is 0.676. The number of β-amino-alcohol motifs (C(OH)–C–C–N with tert-alkyl or cyclic N) is 1. The third-order valence-corrected chi connectivity index (χ3v) is 10.0. The number of hydrogen-bond donors (Lipinski definition) is 3. The molecule has 0 atom stereocenters. The van der Waals surface area contributed by atoms with Gasteiger partial charge in [-0.2, -0.15) is 0 Å². The lowest BCUT2D eigenvalue weighted by Gasteiger charge is -2.48. The van der Waals surface area contributed by atoms with Gasteiger partial charge in [-0.05, 0) is 77.5 Å². The minimum absolute atomic E-state index is 0.153. The number of carbonyl (C=O) groups is 1. The number of anilines is 2. The van der Waals surface area contributed by atoms with Crippen molar-refractivity contribution in [3.8, 4) is 17.0 Å². The van der Waals surface area contributed by atoms with E-state index in [0.29, 0.717) is 74.8 Å². The zero-order valence-corrected chi connectivity index (χ0v) is 27.6. The first kappa shape index (κ1) is 32.7. The third kappa shape index (κ3) is 7.84. The molecule has 4 aliphatic rings. The van der Waals surface area contributed by atoms with E-state index in [9.17, 15) is 15.0 Å². The number of nitrogens with zero attached hydrogens (tertiary/aromatic N) is 6. The second-order valence-electron chi connectivity index (χ2n) is 14.6. The van der Waals surface area contributed by atoms with E-state index < -0.39 is 11.2 Å². The van der Waals surface area contributed by atoms with Crippen molar-refractivity contribution in [2.24, 2.45) is 0 Å². The van der Waals surface area contributed by atoms with Gasteiger partial charge in [-0.3, -0.25) is 9.80 Å². The number of aliphatic hydroxyl groups is 1. The molecule has 6 rings (SSSR count). The second-order valence-corrected chi connectivity index (χ2v) is 14.6. The number of hydrogen-bond acceptors (Lipinski definition) is 11. The molecule has 12 heteroatoms. The van der Waals surface area contributed by atoms with E-state index in [1.54, 1.807) is 17.0 Å². The Morgan fingerprint density at radius 1 is 0.978 bits per heavy atom. The van der Waals surface area contributed by atoms with E-state index >= 15 is 0 Å². The SMILES string of the molecule is CC(C)(C)OC(=O)N1CCC(OC2CC(N3CCN(CC4(O)CCN(c5cc(-c6ccccc6O)nnc5N)CC4)CC3)C2)CC1. The number of aromatic hydroxyl groups is 1. The summed E-state index contributed by atoms with van der Waals surface area (Å²) in [4.78, 5) is 21.3. The van der Waals surface area contributed by atoms with Crippen LogP contribution in [0.3, 0.4) is 0 Å². The fourth-order valence-corrected chi connectivity index (χ4v) is 7.21. The van der Waals surface area contributed by atoms with Crippen molar-refractivity contribution in [1.29, 1.82) is 0 Å². The molecule has 1 aliphatic carbocycles. The van der Waals surface area contributed by atoms with Crippen LogP contribution in [0.5, 0.6) is 5.75 Å². The number of rotatable bonds is 7. The normalized spacial score (nSPS) is 24.9. The van der Waals surface area contributed by atoms with E-state index in [1.165, 1.54) is 0 Å². The molecule has 1 amide bonds. The van der Waals surface area contributed by atoms with Gasteiger partial charge in [-0.1, -0.05) is 12.1 Å². The van der Waals surface area contributed by atoms with Gasteiger partial charge < -0.3 is 35.2 Å². The Morgan fingerprint density at radius 3 is 2.30 bits per heavy atom. The number of amides is 1. The molecule has 0 spiro atoms. The summed E-state index contributed by atoms with van der Waals surface area (Å²) in [5.74, 6) is 0.507. The fourth-order valence-electron chi connectivity index (χ4n) is 7.21. The molecular formula is C34H51N7O5. The van der Waals surface area contributed by atoms with Gasteiger partial charge in [0.05, 0.1) is 29.2 Å². The predicted octanol–water partition coefficient (Wildman–Crippen LogP) is 3.33. The number of para-hydroxylation sites is 1. The highest BCUT2D eigenvalue weighted by Gasteiger charge is 2.40. The molecule has 46 heavy (non-hydrogen) atoms. The Morgan fingerprint density at radius 2 is 1.65 bits per heavy atom. The molecule has 0 radical (unpaired) electrons. The molecule has 4 fully saturated rings. The summed E-state index contributed by atoms with van der Waals surface area (Å²) < 4.78 is 11.9. The number of carbonyl (C=O) groups excluding carboxylic acids is 1. The summed E-state index contributed by atoms with van der Waals surface area (Å²) in [5.41, 5.74) is 7.00. The van der Waals surface area contributed by atoms with Crippen LogP contribution in [0.2, 0.25) is 0 Å². The number of benzene rings is 1. The van der Waals surface area contributed by atoms with Crippen molar-refractivity contribution in [3.63, 3.8) is 0 Å². The lowest BCUT2D eigenvalue weighted by molar-refractivity contribution is -0.109. The monoisotopic (exact) mass is 637 g/mol. The van der Waals surface area contributed by atoms with Crippen LogP contribution in [0.1, 0.15) is 59.3 Å². The maximum atomic E-state index is 12.3. The van der Waals surface area contributed by atoms with Gasteiger partial charge in [0.15, 0.2) is 5.82 Å². The van der Waals surface area contributed by atoms with Crippen molar-refractivity contribution in [2.45, 2.75) is 88.7 Å². The first-order chi connectivity index (χ1) is 21.9. The molecule has 1 saturated carbocycles. The Labute approximate surface area is 272 Å². The first-order valence-corrected chi connectivity index (χ1v) is 16.9. The van der Waals surface area contributed by atoms with Crippen LogP contribution in [0.25, 0.3) is 11.3 Å². The molecule has 252 valence electrons. The molecule has 12 nitrogen and oxygen atoms in total. The molecule has 4 heterocycles. The zero-order valence-electron chi connectivity index (χ0n) is 27.6. The molecule has 4 N–H and O–H groups in total. The van der Waals surface area contributed by atoms with Crippen molar-refractivity contribution in [3.05, 3.63) is 30.3 Å². The quantitative estimate of drug-likeness (QED) is 0.412. The molecule has 0 bridgehead atoms. The second kappa shape index (κ2) is 13.5. The van der Waals surface area contributed by atoms with Crippen molar-refractivity contribution < 1.29 is 24.5 Å². The van der Waals surface area contributed by atoms with Crippen LogP contribution in [0.15, 0.2) is 30.3 Å². The number of likely N-dealkylation sites (tertiary alicyclic amines) is 1. The average molecular weight is 638 g/mol. The lowest BCUT2D eigenvalue weighted by atomic mass is 9.86. The van der Waals surface area contributed by atoms with Gasteiger partial charge >= 0.3 is 6.09 Å². The summed E-state index contributed by atoms with van der Waals surface area (Å²) in [5, 5.41) is 30.2. The first-order valence-electron chi connectivity index (χ1n) is 16.9. The molecule has 3 aliphatic heterocycles. The maximum Gasteiger partial charge on any atom is 0.410 e. The zero-order chi connectivity index (χ0) is 32.5. The average Bonchev–Trinajstić information content (AvgIpc) is 3.00. The van der Waals surface area contributed by atoms with Crippen LogP contribution in [0, 0.1) is 0 Å². The van der Waals surface area contributed by atoms with Crippen LogP contribution >= 0.6 is 0 Å². The molecule has 1 aromatic carbocycles. The van der Waals surface area contributed by atoms with Gasteiger partial charge in [0.1, 0.15) is 11.4 Å². The van der Waals surface area contributed by atoms with E-state index in [0.717, 1.165) is 57.5 Å². The topological polar surface area (TPSA) is 141 Å². The number of piperidine rings is 2. The number of ether oxygens (including phenoxy) is 2. The van der Waals surface area contributed by atoms with E-state index in [-0.39, 0.29) is 17.9 Å². The van der Waals surface area contributed by atoms with Gasteiger partial charge in [0, 0.05) is 70.5 Å². The highest BCUT2D eigenvalue weighted by Crippen LogP contribution is 2.35. The van der Waals surface area contributed by atoms with Crippen molar-refractivity contribution in [2.75, 3.05) is 69.5 Å². The number of phenolic OH excluding ortho intramolecular Hbond substituents is 1. The number of piperazine rings is 1. The van der Waals surface area contributed by atoms with Crippen LogP contribution in [0.4, 0.5) is 16.3 Å². The molecule has 0 unspecified atom stereocenters. The minimum atomic E-state index is -0.733. The van der Waals surface area contributed by atoms with Crippen LogP contribution in [-0.4, -0.2) is 130 Å². The number of nitrogens with two attached hydrogens (primary N) is 1. The highest BCUT2D eigenvalue weighted by molar-refractivity contribution is 5.74. The summed E-state index contributed by atoms with van der Waals surface area (Å²) in [6.45, 7) is 13.1. The van der Waals surface area contributed by atoms with Crippen molar-refractivity contribution in [1.82, 2.24) is 24.9 Å². The van der Waals surface area contributed by atoms with E-state index in [2.05, 4.69) is 24.9 Å². The minimum Gasteiger partial charge on any atom is -0.507 e. The standard InChI is InChI=1S/C34H51N7O5/c1-33(2,3)46-32(43)41-12-8-25(9-13-41)45-26-20-24(21-26)39-18-16-38(17-19-39)23-34(44)10-14-40(15-11-34)29-22-28(36-37-31(29)35)27-6-4-5-7-30(27)42/h4-7,22,24-26,42,44H,8-21,23H2,1-3H3,(H2,35,37). The number of nitrogen functional groups attached to an aromatic ring is 1. The highest BCUT2D eigenvalue weighted by atomic mass is 16.6. The molecule has 2 aromatic rings. The smallest absolute Gasteiger partial charge is 0.410 e. The number of aromatic nitrogens is 2. The molecule has 1 aromatic heterocycles. The Hall–Kier alpha value is -3.19. The summed E-state index contributed by atoms with van der Waals surface area (Å²) in [6, 6.07) is 9.53. The third-order valence-electron chi connectivity index (χ3n) is 10.0. The van der Waals surface area contributed by atoms with Gasteiger partial charge in [0.2, 0.25) is 0 Å². The molecule has 3 saturated heterocycles. The van der Waals surface area contributed by atoms with E-state index in [4.69, 9.17) is 15.2 Å². The Bertz CT molecular complexity index is 1340. The number of phenols is 1. The predicted molar refractivity (Wildman–Crippen MR) is 177 cm³/mol. The summed E-state index contributed by atoms with van der Waals surface area (Å²) in [6.07, 6.45) is 5.50. The van der Waals surface area contributed by atoms with Gasteiger partial charge in [0.25, 0.3) is 0 Å². The summed E-state index contributed by atoms with van der Waals surface area (Å²) >= 11 is 0. The van der Waals surface area contributed by atoms with Crippen molar-refractivity contribution >= 4 is 17.6 Å². The van der Waals surface area contributed by atoms with Gasteiger partial charge in [-0.25, -0.2) is 4.79 Å². The largest absolute Gasteiger partial charge is 0.507 e. The Balaban J connectivity index is 0.899. The maximum absolute atomic E-state index is 12.3. The molecular weight excluding hydrogens is 586 g/mol.